The molecule has 2 aromatic rings. The maximum Gasteiger partial charge on any atom is 0.339 e. The van der Waals surface area contributed by atoms with Crippen molar-refractivity contribution in [2.75, 3.05) is 13.7 Å². The second-order valence-corrected chi connectivity index (χ2v) is 6.26. The number of nitrogens with one attached hydrogen (secondary N) is 1. The van der Waals surface area contributed by atoms with Crippen LogP contribution in [0.5, 0.6) is 0 Å². The molecular weight excluding hydrogens is 328 g/mol. The van der Waals surface area contributed by atoms with Gasteiger partial charge in [0, 0.05) is 16.3 Å². The second-order valence-electron chi connectivity index (χ2n) is 5.82. The molecule has 0 radical (unpaired) electrons. The highest BCUT2D eigenvalue weighted by Crippen LogP contribution is 2.19. The summed E-state index contributed by atoms with van der Waals surface area (Å²) in [4.78, 5) is 27.3. The molecular formula is C18H22ClN2O3+. The smallest absolute Gasteiger partial charge is 0.339 e. The van der Waals surface area contributed by atoms with Gasteiger partial charge in [-0.15, -0.1) is 0 Å². The Labute approximate surface area is 146 Å². The molecule has 0 spiro atoms. The maximum absolute atomic E-state index is 12.5. The number of aromatic nitrogens is 1. The molecule has 1 aromatic heterocycles. The number of esters is 1. The summed E-state index contributed by atoms with van der Waals surface area (Å²) in [6.45, 7) is 5.80. The van der Waals surface area contributed by atoms with Crippen molar-refractivity contribution in [3.8, 4) is 0 Å². The largest absolute Gasteiger partial charge is 0.465 e. The first-order valence-corrected chi connectivity index (χ1v) is 8.12. The zero-order chi connectivity index (χ0) is 17.9. The van der Waals surface area contributed by atoms with Gasteiger partial charge in [0.25, 0.3) is 0 Å². The van der Waals surface area contributed by atoms with E-state index in [4.69, 9.17) is 16.3 Å². The highest BCUT2D eigenvalue weighted by atomic mass is 35.5. The topological polar surface area (TPSA) is 75.8 Å². The zero-order valence-electron chi connectivity index (χ0n) is 14.3. The summed E-state index contributed by atoms with van der Waals surface area (Å²) in [7, 11) is 1.33. The number of methoxy groups -OCH3 is 1. The lowest BCUT2D eigenvalue weighted by atomic mass is 10.1. The fourth-order valence-corrected chi connectivity index (χ4v) is 2.95. The number of nitrogens with two attached hydrogens (primary N) is 1. The highest BCUT2D eigenvalue weighted by molar-refractivity contribution is 6.30. The van der Waals surface area contributed by atoms with Crippen molar-refractivity contribution in [1.29, 1.82) is 0 Å². The number of benzene rings is 1. The van der Waals surface area contributed by atoms with E-state index in [0.717, 1.165) is 5.56 Å². The van der Waals surface area contributed by atoms with Gasteiger partial charge in [0.2, 0.25) is 5.78 Å². The third-order valence-corrected chi connectivity index (χ3v) is 4.37. The minimum absolute atomic E-state index is 0.0559. The van der Waals surface area contributed by atoms with Gasteiger partial charge in [0.1, 0.15) is 12.6 Å². The van der Waals surface area contributed by atoms with Gasteiger partial charge in [0.05, 0.1) is 18.4 Å². The predicted octanol–water partition coefficient (Wildman–Crippen LogP) is 2.58. The van der Waals surface area contributed by atoms with Crippen LogP contribution in [0, 0.1) is 13.8 Å². The molecule has 3 N–H and O–H groups in total. The quantitative estimate of drug-likeness (QED) is 0.621. The van der Waals surface area contributed by atoms with Gasteiger partial charge in [0.15, 0.2) is 0 Å². The molecule has 1 aromatic carbocycles. The molecule has 0 aliphatic rings. The van der Waals surface area contributed by atoms with E-state index in [1.165, 1.54) is 7.11 Å². The predicted molar refractivity (Wildman–Crippen MR) is 92.6 cm³/mol. The molecule has 0 unspecified atom stereocenters. The minimum atomic E-state index is -0.434. The molecule has 128 valence electrons. The standard InChI is InChI=1S/C18H21ClN2O3/c1-10-16(18(23)24-4)12(3)21-17(10)15(22)9-20-11(2)13-6-5-7-14(19)8-13/h5-8,11,20-21H,9H2,1-4H3/p+1/t11-/m1/s1. The van der Waals surface area contributed by atoms with Crippen molar-refractivity contribution < 1.29 is 19.6 Å². The molecule has 0 aliphatic carbocycles. The molecule has 6 heteroatoms. The number of ketones is 1. The molecule has 0 bridgehead atoms. The SMILES string of the molecule is COC(=O)c1c(C)[nH]c(C(=O)C[NH2+][C@H](C)c2cccc(Cl)c2)c1C. The summed E-state index contributed by atoms with van der Waals surface area (Å²) in [5.74, 6) is -0.490. The van der Waals surface area contributed by atoms with Crippen molar-refractivity contribution in [2.45, 2.75) is 26.8 Å². The van der Waals surface area contributed by atoms with Crippen molar-refractivity contribution in [1.82, 2.24) is 4.98 Å². The molecule has 1 atom stereocenters. The Kier molecular flexibility index (Phi) is 5.80. The third-order valence-electron chi connectivity index (χ3n) is 4.14. The molecule has 0 amide bonds. The lowest BCUT2D eigenvalue weighted by Crippen LogP contribution is -2.86. The molecule has 24 heavy (non-hydrogen) atoms. The third kappa shape index (κ3) is 3.86. The van der Waals surface area contributed by atoms with Gasteiger partial charge in [-0.25, -0.2) is 4.79 Å². The fraction of sp³-hybridized carbons (Fsp3) is 0.333. The molecule has 0 saturated heterocycles. The van der Waals surface area contributed by atoms with Crippen molar-refractivity contribution >= 4 is 23.4 Å². The van der Waals surface area contributed by atoms with Crippen LogP contribution in [0.3, 0.4) is 0 Å². The van der Waals surface area contributed by atoms with Gasteiger partial charge in [-0.3, -0.25) is 4.79 Å². The lowest BCUT2D eigenvalue weighted by Gasteiger charge is -2.11. The normalized spacial score (nSPS) is 12.0. The molecule has 1 heterocycles. The number of carbonyl (C=O) groups excluding carboxylic acids is 2. The summed E-state index contributed by atoms with van der Waals surface area (Å²) < 4.78 is 4.77. The number of H-pyrrole nitrogens is 1. The van der Waals surface area contributed by atoms with E-state index >= 15 is 0 Å². The fourth-order valence-electron chi connectivity index (χ4n) is 2.75. The summed E-state index contributed by atoms with van der Waals surface area (Å²) in [5, 5.41) is 2.62. The number of rotatable bonds is 6. The Morgan fingerprint density at radius 2 is 2.04 bits per heavy atom. The van der Waals surface area contributed by atoms with Crippen LogP contribution in [0.2, 0.25) is 5.02 Å². The number of carbonyl (C=O) groups is 2. The van der Waals surface area contributed by atoms with E-state index in [2.05, 4.69) is 4.98 Å². The van der Waals surface area contributed by atoms with Gasteiger partial charge < -0.3 is 15.0 Å². The number of quaternary nitrogens is 1. The Bertz CT molecular complexity index is 768. The van der Waals surface area contributed by atoms with Crippen LogP contribution in [0.25, 0.3) is 0 Å². The van der Waals surface area contributed by atoms with E-state index in [-0.39, 0.29) is 18.4 Å². The summed E-state index contributed by atoms with van der Waals surface area (Å²) >= 11 is 6.00. The van der Waals surface area contributed by atoms with Crippen molar-refractivity contribution in [3.05, 3.63) is 57.4 Å². The molecule has 0 aliphatic heterocycles. The van der Waals surface area contributed by atoms with E-state index in [1.54, 1.807) is 13.8 Å². The number of hydrogen-bond donors (Lipinski definition) is 2. The average molecular weight is 350 g/mol. The van der Waals surface area contributed by atoms with Crippen molar-refractivity contribution in [3.63, 3.8) is 0 Å². The van der Waals surface area contributed by atoms with E-state index in [9.17, 15) is 9.59 Å². The van der Waals surface area contributed by atoms with Crippen LogP contribution in [-0.2, 0) is 4.74 Å². The molecule has 5 nitrogen and oxygen atoms in total. The van der Waals surface area contributed by atoms with Crippen LogP contribution in [0.1, 0.15) is 50.6 Å². The number of aromatic amines is 1. The van der Waals surface area contributed by atoms with E-state index in [1.807, 2.05) is 36.5 Å². The second kappa shape index (κ2) is 7.64. The van der Waals surface area contributed by atoms with Crippen LogP contribution in [0.4, 0.5) is 0 Å². The Morgan fingerprint density at radius 1 is 1.33 bits per heavy atom. The monoisotopic (exact) mass is 349 g/mol. The van der Waals surface area contributed by atoms with Crippen LogP contribution in [-0.4, -0.2) is 30.4 Å². The zero-order valence-corrected chi connectivity index (χ0v) is 15.0. The molecule has 2 rings (SSSR count). The Balaban J connectivity index is 2.09. The van der Waals surface area contributed by atoms with Crippen LogP contribution >= 0.6 is 11.6 Å². The number of aryl methyl sites for hydroxylation is 1. The summed E-state index contributed by atoms with van der Waals surface area (Å²) in [6.07, 6.45) is 0. The van der Waals surface area contributed by atoms with Crippen LogP contribution in [0.15, 0.2) is 24.3 Å². The van der Waals surface area contributed by atoms with E-state index in [0.29, 0.717) is 27.5 Å². The summed E-state index contributed by atoms with van der Waals surface area (Å²) in [6, 6.07) is 7.70. The van der Waals surface area contributed by atoms with Gasteiger partial charge in [-0.05, 0) is 38.5 Å². The minimum Gasteiger partial charge on any atom is -0.465 e. The van der Waals surface area contributed by atoms with Gasteiger partial charge in [-0.2, -0.15) is 0 Å². The summed E-state index contributed by atoms with van der Waals surface area (Å²) in [5.41, 5.74) is 3.23. The Hall–Kier alpha value is -2.11. The lowest BCUT2D eigenvalue weighted by molar-refractivity contribution is -0.681. The average Bonchev–Trinajstić information content (AvgIpc) is 2.86. The first-order chi connectivity index (χ1) is 11.3. The number of hydrogen-bond acceptors (Lipinski definition) is 3. The number of Topliss-reactive ketones (excluding diaryl/α,β-unsaturated/α-hetero) is 1. The van der Waals surface area contributed by atoms with Crippen molar-refractivity contribution in [2.24, 2.45) is 0 Å². The number of halogens is 1. The highest BCUT2D eigenvalue weighted by Gasteiger charge is 2.23. The molecule has 0 saturated carbocycles. The molecule has 0 fully saturated rings. The van der Waals surface area contributed by atoms with E-state index < -0.39 is 5.97 Å². The van der Waals surface area contributed by atoms with Crippen LogP contribution < -0.4 is 5.32 Å². The first-order valence-electron chi connectivity index (χ1n) is 7.74. The Morgan fingerprint density at radius 3 is 2.67 bits per heavy atom. The number of ether oxygens (including phenoxy) is 1. The maximum atomic E-state index is 12.5. The van der Waals surface area contributed by atoms with Gasteiger partial charge >= 0.3 is 5.97 Å². The first kappa shape index (κ1) is 18.2. The van der Waals surface area contributed by atoms with Gasteiger partial charge in [-0.1, -0.05) is 23.7 Å².